The number of nitro groups is 2. The molecule has 2 atom stereocenters. The van der Waals surface area contributed by atoms with Crippen LogP contribution in [-0.2, 0) is 4.74 Å². The van der Waals surface area contributed by atoms with Gasteiger partial charge in [-0.05, 0) is 6.92 Å². The molecule has 88 valence electrons. The summed E-state index contributed by atoms with van der Waals surface area (Å²) in [6.45, 7) is -0.304. The molecule has 0 radical (unpaired) electrons. The molecule has 1 N–H and O–H groups in total. The van der Waals surface area contributed by atoms with Crippen LogP contribution in [0.3, 0.4) is 0 Å². The predicted molar refractivity (Wildman–Crippen MR) is 45.1 cm³/mol. The predicted octanol–water partition coefficient (Wildman–Crippen LogP) is 0.125. The molecule has 15 heavy (non-hydrogen) atoms. The van der Waals surface area contributed by atoms with E-state index in [9.17, 15) is 24.6 Å². The lowest BCUT2D eigenvalue weighted by molar-refractivity contribution is -0.833. The fourth-order valence-electron chi connectivity index (χ4n) is 0.497. The molecular weight excluding hydrogens is 239 g/mol. The van der Waals surface area contributed by atoms with Crippen LogP contribution in [0, 0.1) is 20.2 Å². The molecule has 0 amide bonds. The maximum Gasteiger partial charge on any atom is 0.637 e. The summed E-state index contributed by atoms with van der Waals surface area (Å²) >= 11 is 5.25. The highest BCUT2D eigenvalue weighted by atomic mass is 35.5. The van der Waals surface area contributed by atoms with Crippen LogP contribution in [0.5, 0.6) is 0 Å². The van der Waals surface area contributed by atoms with E-state index in [-0.39, 0.29) is 0 Å². The number of aliphatic hydroxyl groups is 1. The average molecular weight is 247 g/mol. The number of aliphatic hydroxyl groups excluding tert-OH is 1. The summed E-state index contributed by atoms with van der Waals surface area (Å²) in [6.07, 6.45) is -1.24. The lowest BCUT2D eigenvalue weighted by Gasteiger charge is -2.14. The van der Waals surface area contributed by atoms with Crippen LogP contribution in [-0.4, -0.2) is 39.1 Å². The average Bonchev–Trinajstić information content (AvgIpc) is 2.12. The van der Waals surface area contributed by atoms with E-state index in [2.05, 4.69) is 4.74 Å². The Morgan fingerprint density at radius 1 is 1.53 bits per heavy atom. The fraction of sp³-hybridized carbons (Fsp3) is 1.00. The van der Waals surface area contributed by atoms with Crippen molar-refractivity contribution in [3.05, 3.63) is 20.2 Å². The Bertz CT molecular complexity index is 248. The Morgan fingerprint density at radius 2 is 1.93 bits per heavy atom. The quantitative estimate of drug-likeness (QED) is 0.234. The first-order chi connectivity index (χ1) is 6.71. The molecule has 8 nitrogen and oxygen atoms in total. The van der Waals surface area contributed by atoms with Gasteiger partial charge in [0.2, 0.25) is 6.61 Å². The fourth-order valence-corrected chi connectivity index (χ4v) is 0.560. The molecule has 0 saturated carbocycles. The molecule has 2 unspecified atom stereocenters. The van der Waals surface area contributed by atoms with Crippen molar-refractivity contribution >= 4 is 11.6 Å². The maximum absolute atomic E-state index is 13.0. The third-order valence-electron chi connectivity index (χ3n) is 1.36. The molecule has 0 bridgehead atoms. The molecule has 10 heteroatoms. The van der Waals surface area contributed by atoms with Crippen LogP contribution in [0.15, 0.2) is 0 Å². The van der Waals surface area contributed by atoms with Crippen molar-refractivity contribution in [3.8, 4) is 0 Å². The third-order valence-corrected chi connectivity index (χ3v) is 1.86. The Hall–Kier alpha value is -1.06. The second kappa shape index (κ2) is 5.14. The van der Waals surface area contributed by atoms with Gasteiger partial charge in [-0.1, -0.05) is 16.0 Å². The molecule has 0 saturated heterocycles. The van der Waals surface area contributed by atoms with Crippen LogP contribution in [0.25, 0.3) is 0 Å². The normalized spacial score (nSPS) is 15.7. The van der Waals surface area contributed by atoms with E-state index in [1.54, 1.807) is 0 Å². The Labute approximate surface area is 87.9 Å². The molecule has 0 aromatic rings. The molecule has 0 aromatic carbocycles. The number of ether oxygens (including phenoxy) is 1. The molecular formula is C5H8ClFN2O6. The molecule has 0 aliphatic heterocycles. The van der Waals surface area contributed by atoms with E-state index in [0.717, 1.165) is 0 Å². The first-order valence-corrected chi connectivity index (χ1v) is 4.07. The number of halogens is 2. The number of hydrogen-bond acceptors (Lipinski definition) is 6. The number of rotatable bonds is 6. The lowest BCUT2D eigenvalue weighted by atomic mass is 10.4. The van der Waals surface area contributed by atoms with Gasteiger partial charge in [0.05, 0.1) is 6.10 Å². The topological polar surface area (TPSA) is 116 Å². The summed E-state index contributed by atoms with van der Waals surface area (Å²) in [4.78, 5) is 16.6. The van der Waals surface area contributed by atoms with Crippen LogP contribution < -0.4 is 0 Å². The summed E-state index contributed by atoms with van der Waals surface area (Å²) in [5, 5.41) is 28.9. The van der Waals surface area contributed by atoms with Crippen molar-refractivity contribution in [2.75, 3.05) is 6.61 Å². The van der Waals surface area contributed by atoms with Crippen molar-refractivity contribution in [3.63, 3.8) is 0 Å². The van der Waals surface area contributed by atoms with Crippen LogP contribution in [0.1, 0.15) is 6.92 Å². The molecule has 0 aromatic heterocycles. The lowest BCUT2D eigenvalue weighted by Crippen LogP contribution is -2.47. The van der Waals surface area contributed by atoms with Gasteiger partial charge < -0.3 is 9.84 Å². The number of nitrogens with zero attached hydrogens (tertiary/aromatic N) is 2. The zero-order chi connectivity index (χ0) is 12.2. The van der Waals surface area contributed by atoms with E-state index in [1.807, 2.05) is 0 Å². The van der Waals surface area contributed by atoms with Gasteiger partial charge in [-0.25, -0.2) is 0 Å². The highest BCUT2D eigenvalue weighted by molar-refractivity contribution is 6.20. The third kappa shape index (κ3) is 3.53. The summed E-state index contributed by atoms with van der Waals surface area (Å²) < 4.78 is 17.2. The second-order valence-electron chi connectivity index (χ2n) is 2.64. The minimum Gasteiger partial charge on any atom is -0.389 e. The van der Waals surface area contributed by atoms with Crippen LogP contribution in [0.4, 0.5) is 4.39 Å². The van der Waals surface area contributed by atoms with Gasteiger partial charge in [0, 0.05) is 0 Å². The highest BCUT2D eigenvalue weighted by Gasteiger charge is 2.59. The van der Waals surface area contributed by atoms with Gasteiger partial charge >= 0.3 is 5.92 Å². The zero-order valence-electron chi connectivity index (χ0n) is 7.50. The van der Waals surface area contributed by atoms with Crippen molar-refractivity contribution in [1.82, 2.24) is 0 Å². The molecule has 0 aliphatic rings. The van der Waals surface area contributed by atoms with Crippen LogP contribution >= 0.6 is 11.6 Å². The van der Waals surface area contributed by atoms with Gasteiger partial charge in [0.25, 0.3) is 0 Å². The summed E-state index contributed by atoms with van der Waals surface area (Å²) in [7, 11) is 0. The molecule has 0 heterocycles. The summed E-state index contributed by atoms with van der Waals surface area (Å²) in [5.74, 6) is -3.96. The van der Waals surface area contributed by atoms with E-state index in [4.69, 9.17) is 16.7 Å². The summed E-state index contributed by atoms with van der Waals surface area (Å²) in [5.41, 5.74) is -1.46. The van der Waals surface area contributed by atoms with Crippen molar-refractivity contribution < 1.29 is 24.1 Å². The van der Waals surface area contributed by atoms with Gasteiger partial charge in [-0.3, -0.25) is 20.2 Å². The van der Waals surface area contributed by atoms with Gasteiger partial charge in [0.1, 0.15) is 9.85 Å². The molecule has 0 spiro atoms. The smallest absolute Gasteiger partial charge is 0.389 e. The Morgan fingerprint density at radius 3 is 2.20 bits per heavy atom. The Kier molecular flexibility index (Phi) is 4.78. The van der Waals surface area contributed by atoms with Crippen LogP contribution in [0.2, 0.25) is 0 Å². The highest BCUT2D eigenvalue weighted by Crippen LogP contribution is 2.16. The second-order valence-corrected chi connectivity index (χ2v) is 3.07. The molecule has 0 aliphatic carbocycles. The van der Waals surface area contributed by atoms with E-state index in [1.165, 1.54) is 6.92 Å². The SMILES string of the molecule is CC(O)C(Cl)OCC(F)([N+](=O)[O-])[N+](=O)[O-]. The largest absolute Gasteiger partial charge is 0.637 e. The van der Waals surface area contributed by atoms with Gasteiger partial charge in [-0.2, -0.15) is 0 Å². The zero-order valence-corrected chi connectivity index (χ0v) is 8.26. The monoisotopic (exact) mass is 246 g/mol. The molecule has 0 fully saturated rings. The van der Waals surface area contributed by atoms with E-state index >= 15 is 0 Å². The van der Waals surface area contributed by atoms with Crippen molar-refractivity contribution in [2.24, 2.45) is 0 Å². The van der Waals surface area contributed by atoms with Gasteiger partial charge in [0.15, 0.2) is 5.56 Å². The van der Waals surface area contributed by atoms with Crippen molar-refractivity contribution in [1.29, 1.82) is 0 Å². The Balaban J connectivity index is 4.46. The van der Waals surface area contributed by atoms with Crippen molar-refractivity contribution in [2.45, 2.75) is 24.5 Å². The molecule has 0 rings (SSSR count). The first kappa shape index (κ1) is 13.9. The minimum absolute atomic E-state index is 1.18. The number of hydrogen-bond donors (Lipinski definition) is 1. The van der Waals surface area contributed by atoms with Gasteiger partial charge in [-0.15, -0.1) is 0 Å². The van der Waals surface area contributed by atoms with E-state index < -0.39 is 34.0 Å². The standard InChI is InChI=1S/C5H8ClFN2O6/c1-3(10)4(6)15-2-5(7,8(11)12)9(13)14/h3-4,10H,2H2,1H3. The summed E-state index contributed by atoms with van der Waals surface area (Å²) in [6, 6.07) is 0. The van der Waals surface area contributed by atoms with E-state index in [0.29, 0.717) is 0 Å². The number of alkyl halides is 2. The first-order valence-electron chi connectivity index (χ1n) is 3.63. The maximum atomic E-state index is 13.0. The minimum atomic E-state index is -3.96.